The maximum Gasteiger partial charge on any atom is 0.119 e. The van der Waals surface area contributed by atoms with E-state index in [-0.39, 0.29) is 6.10 Å². The smallest absolute Gasteiger partial charge is 0.119 e. The molecule has 1 N–H and O–H groups in total. The number of rotatable bonds is 4. The number of benzene rings is 2. The molecule has 0 aromatic heterocycles. The van der Waals surface area contributed by atoms with Crippen LogP contribution in [-0.4, -0.2) is 11.2 Å². The monoisotopic (exact) mass is 354 g/mol. The summed E-state index contributed by atoms with van der Waals surface area (Å²) in [5, 5.41) is 10.9. The molecule has 2 rings (SSSR count). The van der Waals surface area contributed by atoms with E-state index in [2.05, 4.69) is 15.9 Å². The summed E-state index contributed by atoms with van der Waals surface area (Å²) in [6.07, 6.45) is -0.565. The number of aliphatic hydroxyl groups excluding tert-OH is 1. The fourth-order valence-electron chi connectivity index (χ4n) is 1.88. The van der Waals surface area contributed by atoms with Crippen molar-refractivity contribution in [2.45, 2.75) is 26.1 Å². The van der Waals surface area contributed by atoms with Gasteiger partial charge in [0.1, 0.15) is 11.9 Å². The highest BCUT2D eigenvalue weighted by atomic mass is 79.9. The summed E-state index contributed by atoms with van der Waals surface area (Å²) in [6, 6.07) is 12.9. The first-order valence-corrected chi connectivity index (χ1v) is 7.54. The molecule has 0 spiro atoms. The third-order valence-electron chi connectivity index (χ3n) is 2.83. The summed E-state index contributed by atoms with van der Waals surface area (Å²) in [6.45, 7) is 3.96. The molecule has 0 amide bonds. The quantitative estimate of drug-likeness (QED) is 0.839. The molecule has 0 saturated carbocycles. The zero-order valence-corrected chi connectivity index (χ0v) is 13.6. The second kappa shape index (κ2) is 6.61. The van der Waals surface area contributed by atoms with Crippen LogP contribution in [0.2, 0.25) is 5.02 Å². The van der Waals surface area contributed by atoms with Gasteiger partial charge >= 0.3 is 0 Å². The standard InChI is InChI=1S/C16H16BrClO2/c1-10(2)20-13-6-3-11(4-7-13)16(19)12-5-8-14(17)15(18)9-12/h3-10,16,19H,1-2H3. The summed E-state index contributed by atoms with van der Waals surface area (Å²) in [5.74, 6) is 0.796. The van der Waals surface area contributed by atoms with Crippen LogP contribution in [0.1, 0.15) is 31.1 Å². The topological polar surface area (TPSA) is 29.5 Å². The first-order valence-electron chi connectivity index (χ1n) is 6.37. The Morgan fingerprint density at radius 2 is 1.65 bits per heavy atom. The molecular formula is C16H16BrClO2. The summed E-state index contributed by atoms with van der Waals surface area (Å²) in [5.41, 5.74) is 1.57. The minimum atomic E-state index is -0.700. The highest BCUT2D eigenvalue weighted by Gasteiger charge is 2.12. The molecule has 0 fully saturated rings. The average molecular weight is 356 g/mol. The van der Waals surface area contributed by atoms with Crippen LogP contribution in [-0.2, 0) is 0 Å². The van der Waals surface area contributed by atoms with Crippen LogP contribution in [0, 0.1) is 0 Å². The van der Waals surface area contributed by atoms with Crippen LogP contribution < -0.4 is 4.74 Å². The molecule has 0 aliphatic carbocycles. The Kier molecular flexibility index (Phi) is 5.08. The maximum absolute atomic E-state index is 10.4. The molecular weight excluding hydrogens is 340 g/mol. The fraction of sp³-hybridized carbons (Fsp3) is 0.250. The van der Waals surface area contributed by atoms with Crippen LogP contribution in [0.4, 0.5) is 0 Å². The zero-order chi connectivity index (χ0) is 14.7. The first kappa shape index (κ1) is 15.4. The van der Waals surface area contributed by atoms with E-state index in [0.29, 0.717) is 5.02 Å². The molecule has 0 aliphatic rings. The van der Waals surface area contributed by atoms with Crippen molar-refractivity contribution in [2.24, 2.45) is 0 Å². The normalized spacial score (nSPS) is 12.5. The molecule has 2 nitrogen and oxygen atoms in total. The van der Waals surface area contributed by atoms with Gasteiger partial charge in [-0.05, 0) is 65.2 Å². The minimum Gasteiger partial charge on any atom is -0.491 e. The number of hydrogen-bond acceptors (Lipinski definition) is 2. The molecule has 106 valence electrons. The van der Waals surface area contributed by atoms with E-state index < -0.39 is 6.10 Å². The van der Waals surface area contributed by atoms with Gasteiger partial charge < -0.3 is 9.84 Å². The van der Waals surface area contributed by atoms with Gasteiger partial charge in [0.15, 0.2) is 0 Å². The lowest BCUT2D eigenvalue weighted by Gasteiger charge is -2.14. The number of ether oxygens (including phenoxy) is 1. The van der Waals surface area contributed by atoms with E-state index >= 15 is 0 Å². The third-order valence-corrected chi connectivity index (χ3v) is 4.06. The highest BCUT2D eigenvalue weighted by Crippen LogP contribution is 2.29. The Labute approximate surface area is 132 Å². The zero-order valence-electron chi connectivity index (χ0n) is 11.3. The highest BCUT2D eigenvalue weighted by molar-refractivity contribution is 9.10. The second-order valence-corrected chi connectivity index (χ2v) is 6.07. The van der Waals surface area contributed by atoms with Crippen molar-refractivity contribution in [3.8, 4) is 5.75 Å². The van der Waals surface area contributed by atoms with Gasteiger partial charge in [-0.1, -0.05) is 29.8 Å². The van der Waals surface area contributed by atoms with Gasteiger partial charge in [0.25, 0.3) is 0 Å². The average Bonchev–Trinajstić information content (AvgIpc) is 2.41. The summed E-state index contributed by atoms with van der Waals surface area (Å²) in [7, 11) is 0. The molecule has 0 bridgehead atoms. The Bertz CT molecular complexity index is 582. The molecule has 0 radical (unpaired) electrons. The molecule has 4 heteroatoms. The lowest BCUT2D eigenvalue weighted by Crippen LogP contribution is -2.06. The maximum atomic E-state index is 10.4. The van der Waals surface area contributed by atoms with Crippen LogP contribution in [0.15, 0.2) is 46.9 Å². The van der Waals surface area contributed by atoms with Crippen LogP contribution in [0.25, 0.3) is 0 Å². The van der Waals surface area contributed by atoms with E-state index in [1.165, 1.54) is 0 Å². The molecule has 2 aromatic rings. The predicted octanol–water partition coefficient (Wildman–Crippen LogP) is 4.97. The molecule has 0 saturated heterocycles. The van der Waals surface area contributed by atoms with Crippen molar-refractivity contribution < 1.29 is 9.84 Å². The minimum absolute atomic E-state index is 0.135. The van der Waals surface area contributed by atoms with Gasteiger partial charge in [-0.25, -0.2) is 0 Å². The van der Waals surface area contributed by atoms with Gasteiger partial charge in [-0.15, -0.1) is 0 Å². The van der Waals surface area contributed by atoms with Crippen molar-refractivity contribution in [1.82, 2.24) is 0 Å². The Hall–Kier alpha value is -1.03. The molecule has 0 aliphatic heterocycles. The van der Waals surface area contributed by atoms with Gasteiger partial charge in [-0.2, -0.15) is 0 Å². The van der Waals surface area contributed by atoms with Gasteiger partial charge in [0, 0.05) is 4.47 Å². The molecule has 20 heavy (non-hydrogen) atoms. The predicted molar refractivity (Wildman–Crippen MR) is 85.4 cm³/mol. The SMILES string of the molecule is CC(C)Oc1ccc(C(O)c2ccc(Br)c(Cl)c2)cc1. The number of aliphatic hydroxyl groups is 1. The largest absolute Gasteiger partial charge is 0.491 e. The molecule has 1 atom stereocenters. The van der Waals surface area contributed by atoms with E-state index in [0.717, 1.165) is 21.3 Å². The summed E-state index contributed by atoms with van der Waals surface area (Å²) in [4.78, 5) is 0. The van der Waals surface area contributed by atoms with Crippen LogP contribution in [0.3, 0.4) is 0 Å². The van der Waals surface area contributed by atoms with Crippen LogP contribution in [0.5, 0.6) is 5.75 Å². The van der Waals surface area contributed by atoms with E-state index in [9.17, 15) is 5.11 Å². The van der Waals surface area contributed by atoms with Crippen molar-refractivity contribution in [1.29, 1.82) is 0 Å². The fourth-order valence-corrected chi connectivity index (χ4v) is 2.31. The van der Waals surface area contributed by atoms with Crippen molar-refractivity contribution in [2.75, 3.05) is 0 Å². The van der Waals surface area contributed by atoms with Gasteiger partial charge in [0.2, 0.25) is 0 Å². The Morgan fingerprint density at radius 3 is 2.20 bits per heavy atom. The van der Waals surface area contributed by atoms with Crippen LogP contribution >= 0.6 is 27.5 Å². The third kappa shape index (κ3) is 3.75. The summed E-state index contributed by atoms with van der Waals surface area (Å²) >= 11 is 9.39. The Balaban J connectivity index is 2.20. The summed E-state index contributed by atoms with van der Waals surface area (Å²) < 4.78 is 6.40. The Morgan fingerprint density at radius 1 is 1.05 bits per heavy atom. The second-order valence-electron chi connectivity index (χ2n) is 4.81. The van der Waals surface area contributed by atoms with Crippen molar-refractivity contribution in [3.63, 3.8) is 0 Å². The lowest BCUT2D eigenvalue weighted by atomic mass is 10.0. The number of halogens is 2. The van der Waals surface area contributed by atoms with Crippen molar-refractivity contribution in [3.05, 3.63) is 63.1 Å². The van der Waals surface area contributed by atoms with Crippen molar-refractivity contribution >= 4 is 27.5 Å². The van der Waals surface area contributed by atoms with E-state index in [1.807, 2.05) is 50.2 Å². The van der Waals surface area contributed by atoms with E-state index in [4.69, 9.17) is 16.3 Å². The lowest BCUT2D eigenvalue weighted by molar-refractivity contribution is 0.219. The first-order chi connectivity index (χ1) is 9.47. The van der Waals surface area contributed by atoms with Gasteiger partial charge in [-0.3, -0.25) is 0 Å². The number of hydrogen-bond donors (Lipinski definition) is 1. The van der Waals surface area contributed by atoms with Gasteiger partial charge in [0.05, 0.1) is 11.1 Å². The molecule has 1 unspecified atom stereocenters. The molecule has 0 heterocycles. The van der Waals surface area contributed by atoms with E-state index in [1.54, 1.807) is 6.07 Å². The molecule has 2 aromatic carbocycles.